The summed E-state index contributed by atoms with van der Waals surface area (Å²) in [7, 11) is 0. The fraction of sp³-hybridized carbons (Fsp3) is 0.348. The molecule has 0 spiro atoms. The van der Waals surface area contributed by atoms with Crippen molar-refractivity contribution in [3.05, 3.63) is 63.0 Å². The van der Waals surface area contributed by atoms with Crippen LogP contribution >= 0.6 is 11.6 Å². The summed E-state index contributed by atoms with van der Waals surface area (Å²) in [6.45, 7) is 1.74. The van der Waals surface area contributed by atoms with Crippen molar-refractivity contribution < 1.29 is 22.7 Å². The number of phenols is 1. The van der Waals surface area contributed by atoms with E-state index in [0.29, 0.717) is 0 Å². The first kappa shape index (κ1) is 21.7. The first-order valence-electron chi connectivity index (χ1n) is 10.1. The monoisotopic (exact) mass is 451 g/mol. The topological polar surface area (TPSA) is 53.7 Å². The van der Waals surface area contributed by atoms with Gasteiger partial charge >= 0.3 is 6.18 Å². The molecule has 0 aliphatic carbocycles. The maximum absolute atomic E-state index is 14.0. The molecule has 2 heterocycles. The van der Waals surface area contributed by atoms with E-state index in [2.05, 4.69) is 4.90 Å². The van der Waals surface area contributed by atoms with Gasteiger partial charge in [0, 0.05) is 17.1 Å². The zero-order valence-corrected chi connectivity index (χ0v) is 17.4. The van der Waals surface area contributed by atoms with Crippen LogP contribution in [-0.4, -0.2) is 23.1 Å². The number of nitrogens with zero attached hydrogens (tertiary/aromatic N) is 1. The molecule has 0 atom stereocenters. The molecule has 4 rings (SSSR count). The molecule has 8 heteroatoms. The Kier molecular flexibility index (Phi) is 5.99. The van der Waals surface area contributed by atoms with E-state index < -0.39 is 22.9 Å². The summed E-state index contributed by atoms with van der Waals surface area (Å²) in [6.07, 6.45) is -0.800. The molecule has 1 saturated heterocycles. The van der Waals surface area contributed by atoms with E-state index in [9.17, 15) is 23.1 Å². The maximum Gasteiger partial charge on any atom is 0.450 e. The molecular formula is C23H21ClF3NO3. The third-order valence-electron chi connectivity index (χ3n) is 5.62. The maximum atomic E-state index is 14.0. The highest BCUT2D eigenvalue weighted by Crippen LogP contribution is 2.41. The Balaban J connectivity index is 1.96. The van der Waals surface area contributed by atoms with Crippen molar-refractivity contribution in [3.63, 3.8) is 0 Å². The second-order valence-corrected chi connectivity index (χ2v) is 8.15. The van der Waals surface area contributed by atoms with Gasteiger partial charge in [-0.05, 0) is 44.1 Å². The van der Waals surface area contributed by atoms with Gasteiger partial charge in [-0.15, -0.1) is 0 Å². The zero-order valence-electron chi connectivity index (χ0n) is 16.6. The number of halogens is 4. The van der Waals surface area contributed by atoms with Crippen molar-refractivity contribution in [2.45, 2.75) is 38.4 Å². The average Bonchev–Trinajstić information content (AvgIpc) is 2.99. The molecule has 4 nitrogen and oxygen atoms in total. The summed E-state index contributed by atoms with van der Waals surface area (Å²) in [6, 6.07) is 8.47. The summed E-state index contributed by atoms with van der Waals surface area (Å²) >= 11 is 6.11. The minimum Gasteiger partial charge on any atom is -0.507 e. The molecule has 0 amide bonds. The van der Waals surface area contributed by atoms with Crippen molar-refractivity contribution >= 4 is 22.6 Å². The number of likely N-dealkylation sites (tertiary alicyclic amines) is 1. The van der Waals surface area contributed by atoms with E-state index >= 15 is 0 Å². The highest BCUT2D eigenvalue weighted by atomic mass is 35.5. The molecule has 1 aliphatic rings. The van der Waals surface area contributed by atoms with Crippen LogP contribution in [0.25, 0.3) is 22.1 Å². The van der Waals surface area contributed by atoms with E-state index in [-0.39, 0.29) is 39.4 Å². The van der Waals surface area contributed by atoms with Gasteiger partial charge in [-0.1, -0.05) is 42.6 Å². The summed E-state index contributed by atoms with van der Waals surface area (Å²) < 4.78 is 47.3. The lowest BCUT2D eigenvalue weighted by molar-refractivity contribution is -0.152. The van der Waals surface area contributed by atoms with E-state index in [0.717, 1.165) is 38.8 Å². The Morgan fingerprint density at radius 3 is 2.35 bits per heavy atom. The number of aromatic hydroxyl groups is 1. The number of alkyl halides is 3. The molecule has 164 valence electrons. The average molecular weight is 452 g/mol. The smallest absolute Gasteiger partial charge is 0.450 e. The van der Waals surface area contributed by atoms with Crippen molar-refractivity contribution in [1.82, 2.24) is 4.90 Å². The van der Waals surface area contributed by atoms with Crippen LogP contribution in [0.3, 0.4) is 0 Å². The van der Waals surface area contributed by atoms with Crippen LogP contribution in [0.15, 0.2) is 45.6 Å². The van der Waals surface area contributed by atoms with Crippen LogP contribution in [0.2, 0.25) is 5.02 Å². The number of phenolic OH excluding ortho intramolecular Hbond substituents is 1. The molecule has 0 saturated carbocycles. The Bertz CT molecular complexity index is 1170. The molecule has 2 aromatic carbocycles. The van der Waals surface area contributed by atoms with Gasteiger partial charge in [0.05, 0.1) is 16.5 Å². The van der Waals surface area contributed by atoms with Crippen LogP contribution < -0.4 is 5.43 Å². The molecule has 0 radical (unpaired) electrons. The fourth-order valence-electron chi connectivity index (χ4n) is 4.08. The normalized spacial score (nSPS) is 15.9. The molecule has 1 fully saturated rings. The predicted molar refractivity (Wildman–Crippen MR) is 113 cm³/mol. The largest absolute Gasteiger partial charge is 0.507 e. The van der Waals surface area contributed by atoms with Gasteiger partial charge in [0.25, 0.3) is 0 Å². The lowest BCUT2D eigenvalue weighted by Crippen LogP contribution is -2.24. The van der Waals surface area contributed by atoms with Gasteiger partial charge in [-0.25, -0.2) is 0 Å². The van der Waals surface area contributed by atoms with Crippen LogP contribution in [0.4, 0.5) is 13.2 Å². The second kappa shape index (κ2) is 8.55. The first-order chi connectivity index (χ1) is 14.8. The lowest BCUT2D eigenvalue weighted by atomic mass is 10.00. The van der Waals surface area contributed by atoms with Crippen LogP contribution in [0, 0.1) is 0 Å². The molecule has 0 unspecified atom stereocenters. The van der Waals surface area contributed by atoms with Gasteiger partial charge in [-0.2, -0.15) is 13.2 Å². The third-order valence-corrected chi connectivity index (χ3v) is 5.95. The van der Waals surface area contributed by atoms with Crippen molar-refractivity contribution in [2.75, 3.05) is 13.1 Å². The number of benzene rings is 2. The zero-order chi connectivity index (χ0) is 22.2. The molecule has 31 heavy (non-hydrogen) atoms. The third kappa shape index (κ3) is 4.29. The minimum atomic E-state index is -4.92. The Morgan fingerprint density at radius 1 is 1.03 bits per heavy atom. The number of hydrogen-bond donors (Lipinski definition) is 1. The quantitative estimate of drug-likeness (QED) is 0.514. The Hall–Kier alpha value is -2.51. The minimum absolute atomic E-state index is 0.0169. The highest BCUT2D eigenvalue weighted by molar-refractivity contribution is 6.33. The van der Waals surface area contributed by atoms with Crippen molar-refractivity contribution in [2.24, 2.45) is 0 Å². The summed E-state index contributed by atoms with van der Waals surface area (Å²) in [5, 5.41) is 10.4. The Labute approximate surface area is 181 Å². The number of hydrogen-bond acceptors (Lipinski definition) is 4. The molecule has 1 aromatic heterocycles. The first-order valence-corrected chi connectivity index (χ1v) is 10.5. The van der Waals surface area contributed by atoms with Gasteiger partial charge in [0.2, 0.25) is 11.2 Å². The molecule has 1 aliphatic heterocycles. The van der Waals surface area contributed by atoms with Crippen LogP contribution in [0.1, 0.15) is 37.0 Å². The summed E-state index contributed by atoms with van der Waals surface area (Å²) in [5.41, 5.74) is -1.56. The predicted octanol–water partition coefficient (Wildman–Crippen LogP) is 6.21. The second-order valence-electron chi connectivity index (χ2n) is 7.74. The van der Waals surface area contributed by atoms with Gasteiger partial charge in [-0.3, -0.25) is 9.69 Å². The molecule has 3 aromatic rings. The van der Waals surface area contributed by atoms with Gasteiger partial charge in [0.1, 0.15) is 11.3 Å². The van der Waals surface area contributed by atoms with Gasteiger partial charge < -0.3 is 9.52 Å². The highest BCUT2D eigenvalue weighted by Gasteiger charge is 2.40. The van der Waals surface area contributed by atoms with Crippen molar-refractivity contribution in [1.29, 1.82) is 0 Å². The standard InChI is InChI=1S/C23H21ClF3NO3/c24-17-8-4-3-7-14(17)19-20(30)15-9-10-18(29)16(13-28-11-5-1-2-6-12-28)21(15)31-22(19)23(25,26)27/h3-4,7-10,29H,1-2,5-6,11-13H2. The number of rotatable bonds is 3. The van der Waals surface area contributed by atoms with E-state index in [1.54, 1.807) is 6.07 Å². The molecular weight excluding hydrogens is 431 g/mol. The van der Waals surface area contributed by atoms with Crippen LogP contribution in [-0.2, 0) is 12.7 Å². The van der Waals surface area contributed by atoms with E-state index in [1.807, 2.05) is 0 Å². The lowest BCUT2D eigenvalue weighted by Gasteiger charge is -2.21. The molecule has 0 bridgehead atoms. The summed E-state index contributed by atoms with van der Waals surface area (Å²) in [4.78, 5) is 15.3. The fourth-order valence-corrected chi connectivity index (χ4v) is 4.31. The molecule has 1 N–H and O–H groups in total. The van der Waals surface area contributed by atoms with Crippen molar-refractivity contribution in [3.8, 4) is 16.9 Å². The van der Waals surface area contributed by atoms with E-state index in [4.69, 9.17) is 16.0 Å². The summed E-state index contributed by atoms with van der Waals surface area (Å²) in [5.74, 6) is -1.61. The van der Waals surface area contributed by atoms with E-state index in [1.165, 1.54) is 30.3 Å². The SMILES string of the molecule is O=c1c(-c2ccccc2Cl)c(C(F)(F)F)oc2c(CN3CCCCCC3)c(O)ccc12. The van der Waals surface area contributed by atoms with Crippen LogP contribution in [0.5, 0.6) is 5.75 Å². The number of fused-ring (bicyclic) bond motifs is 1. The Morgan fingerprint density at radius 2 is 1.71 bits per heavy atom. The van der Waals surface area contributed by atoms with Gasteiger partial charge in [0.15, 0.2) is 0 Å².